The average Bonchev–Trinajstić information content (AvgIpc) is 2.35. The highest BCUT2D eigenvalue weighted by molar-refractivity contribution is 5.46. The average molecular weight is 257 g/mol. The molecule has 0 aliphatic rings. The summed E-state index contributed by atoms with van der Waals surface area (Å²) < 4.78 is 5.83. The topological polar surface area (TPSA) is 61.0 Å². The molecule has 2 rings (SSSR count). The third-order valence-electron chi connectivity index (χ3n) is 2.99. The molecule has 1 aromatic heterocycles. The molecule has 0 unspecified atom stereocenters. The molecule has 0 atom stereocenters. The zero-order chi connectivity index (χ0) is 14.0. The molecule has 0 radical (unpaired) electrons. The minimum Gasteiger partial charge on any atom is -0.439 e. The van der Waals surface area contributed by atoms with Crippen LogP contribution in [0.3, 0.4) is 0 Å². The van der Waals surface area contributed by atoms with Gasteiger partial charge in [0.2, 0.25) is 5.88 Å². The van der Waals surface area contributed by atoms with E-state index >= 15 is 0 Å². The van der Waals surface area contributed by atoms with Gasteiger partial charge in [-0.1, -0.05) is 26.0 Å². The Hall–Kier alpha value is -2.10. The lowest BCUT2D eigenvalue weighted by atomic mass is 10.0. The lowest BCUT2D eigenvalue weighted by Gasteiger charge is -2.11. The molecule has 0 bridgehead atoms. The summed E-state index contributed by atoms with van der Waals surface area (Å²) in [7, 11) is 0. The van der Waals surface area contributed by atoms with Crippen LogP contribution in [0.25, 0.3) is 0 Å². The van der Waals surface area contributed by atoms with Crippen molar-refractivity contribution in [3.8, 4) is 11.6 Å². The number of ether oxygens (including phenoxy) is 1. The zero-order valence-corrected chi connectivity index (χ0v) is 11.8. The SMILES string of the molecule is Cc1nc(N)c(C)c(Oc2cccc(C(C)C)c2)n1. The van der Waals surface area contributed by atoms with Crippen molar-refractivity contribution in [2.45, 2.75) is 33.6 Å². The van der Waals surface area contributed by atoms with Crippen LogP contribution in [0.1, 0.15) is 36.7 Å². The molecule has 0 amide bonds. The zero-order valence-electron chi connectivity index (χ0n) is 11.8. The van der Waals surface area contributed by atoms with Gasteiger partial charge < -0.3 is 10.5 Å². The van der Waals surface area contributed by atoms with Gasteiger partial charge in [0.05, 0.1) is 5.56 Å². The van der Waals surface area contributed by atoms with Gasteiger partial charge in [-0.15, -0.1) is 0 Å². The van der Waals surface area contributed by atoms with E-state index in [0.29, 0.717) is 23.4 Å². The van der Waals surface area contributed by atoms with Crippen molar-refractivity contribution in [2.24, 2.45) is 0 Å². The first-order valence-corrected chi connectivity index (χ1v) is 6.36. The van der Waals surface area contributed by atoms with Crippen LogP contribution >= 0.6 is 0 Å². The smallest absolute Gasteiger partial charge is 0.227 e. The molecule has 4 heteroatoms. The fourth-order valence-corrected chi connectivity index (χ4v) is 1.77. The summed E-state index contributed by atoms with van der Waals surface area (Å²) in [5.41, 5.74) is 7.82. The second-order valence-corrected chi connectivity index (χ2v) is 4.92. The molecular weight excluding hydrogens is 238 g/mol. The normalized spacial score (nSPS) is 10.8. The van der Waals surface area contributed by atoms with E-state index in [-0.39, 0.29) is 0 Å². The second kappa shape index (κ2) is 5.26. The summed E-state index contributed by atoms with van der Waals surface area (Å²) in [6.07, 6.45) is 0. The Balaban J connectivity index is 2.33. The van der Waals surface area contributed by atoms with Crippen molar-refractivity contribution in [3.63, 3.8) is 0 Å². The third-order valence-corrected chi connectivity index (χ3v) is 2.99. The highest BCUT2D eigenvalue weighted by Gasteiger charge is 2.09. The lowest BCUT2D eigenvalue weighted by Crippen LogP contribution is -2.02. The Labute approximate surface area is 113 Å². The maximum absolute atomic E-state index is 5.83. The van der Waals surface area contributed by atoms with E-state index < -0.39 is 0 Å². The molecule has 0 saturated heterocycles. The van der Waals surface area contributed by atoms with Crippen molar-refractivity contribution in [1.82, 2.24) is 9.97 Å². The first-order chi connectivity index (χ1) is 8.97. The van der Waals surface area contributed by atoms with Gasteiger partial charge in [-0.05, 0) is 37.5 Å². The number of hydrogen-bond acceptors (Lipinski definition) is 4. The molecule has 0 fully saturated rings. The molecule has 19 heavy (non-hydrogen) atoms. The van der Waals surface area contributed by atoms with Gasteiger partial charge in [-0.2, -0.15) is 4.98 Å². The molecule has 0 aliphatic heterocycles. The number of aryl methyl sites for hydroxylation is 1. The number of anilines is 1. The highest BCUT2D eigenvalue weighted by atomic mass is 16.5. The molecule has 0 aliphatic carbocycles. The number of aromatic nitrogens is 2. The summed E-state index contributed by atoms with van der Waals surface area (Å²) in [5.74, 6) is 2.82. The fourth-order valence-electron chi connectivity index (χ4n) is 1.77. The molecule has 100 valence electrons. The van der Waals surface area contributed by atoms with E-state index in [1.54, 1.807) is 6.92 Å². The fraction of sp³-hybridized carbons (Fsp3) is 0.333. The number of benzene rings is 1. The third kappa shape index (κ3) is 3.02. The van der Waals surface area contributed by atoms with Crippen LogP contribution in [-0.2, 0) is 0 Å². The van der Waals surface area contributed by atoms with Crippen LogP contribution in [0.4, 0.5) is 5.82 Å². The molecule has 0 spiro atoms. The Kier molecular flexibility index (Phi) is 3.69. The molecule has 2 N–H and O–H groups in total. The van der Waals surface area contributed by atoms with E-state index in [1.807, 2.05) is 25.1 Å². The summed E-state index contributed by atoms with van der Waals surface area (Å²) in [6, 6.07) is 8.01. The number of rotatable bonds is 3. The van der Waals surface area contributed by atoms with Crippen LogP contribution in [0.2, 0.25) is 0 Å². The lowest BCUT2D eigenvalue weighted by molar-refractivity contribution is 0.455. The standard InChI is InChI=1S/C15H19N3O/c1-9(2)12-6-5-7-13(8-12)19-15-10(3)14(16)17-11(4)18-15/h5-9H,1-4H3,(H2,16,17,18). The van der Waals surface area contributed by atoms with Crippen LogP contribution in [0.5, 0.6) is 11.6 Å². The number of nitrogen functional groups attached to an aromatic ring is 1. The molecular formula is C15H19N3O. The van der Waals surface area contributed by atoms with Crippen LogP contribution in [-0.4, -0.2) is 9.97 Å². The van der Waals surface area contributed by atoms with Gasteiger partial charge >= 0.3 is 0 Å². The van der Waals surface area contributed by atoms with Crippen LogP contribution in [0, 0.1) is 13.8 Å². The van der Waals surface area contributed by atoms with Gasteiger partial charge in [0.15, 0.2) is 0 Å². The predicted molar refractivity (Wildman–Crippen MR) is 76.5 cm³/mol. The summed E-state index contributed by atoms with van der Waals surface area (Å²) in [5, 5.41) is 0. The molecule has 2 aromatic rings. The van der Waals surface area contributed by atoms with Crippen molar-refractivity contribution in [3.05, 3.63) is 41.2 Å². The van der Waals surface area contributed by atoms with Crippen molar-refractivity contribution in [2.75, 3.05) is 5.73 Å². The summed E-state index contributed by atoms with van der Waals surface area (Å²) in [4.78, 5) is 8.40. The van der Waals surface area contributed by atoms with Crippen LogP contribution in [0.15, 0.2) is 24.3 Å². The van der Waals surface area contributed by atoms with Gasteiger partial charge in [0, 0.05) is 0 Å². The number of hydrogen-bond donors (Lipinski definition) is 1. The van der Waals surface area contributed by atoms with Crippen molar-refractivity contribution < 1.29 is 4.74 Å². The van der Waals surface area contributed by atoms with Crippen molar-refractivity contribution in [1.29, 1.82) is 0 Å². The monoisotopic (exact) mass is 257 g/mol. The van der Waals surface area contributed by atoms with Gasteiger partial charge in [-0.3, -0.25) is 0 Å². The van der Waals surface area contributed by atoms with E-state index in [9.17, 15) is 0 Å². The largest absolute Gasteiger partial charge is 0.439 e. The number of nitrogens with two attached hydrogens (primary N) is 1. The Morgan fingerprint density at radius 1 is 1.16 bits per heavy atom. The Morgan fingerprint density at radius 2 is 1.89 bits per heavy atom. The van der Waals surface area contributed by atoms with Crippen LogP contribution < -0.4 is 10.5 Å². The van der Waals surface area contributed by atoms with E-state index in [0.717, 1.165) is 11.3 Å². The van der Waals surface area contributed by atoms with Gasteiger partial charge in [0.25, 0.3) is 0 Å². The maximum Gasteiger partial charge on any atom is 0.227 e. The molecule has 0 saturated carbocycles. The van der Waals surface area contributed by atoms with E-state index in [4.69, 9.17) is 10.5 Å². The quantitative estimate of drug-likeness (QED) is 0.912. The number of nitrogens with zero attached hydrogens (tertiary/aromatic N) is 2. The minimum atomic E-state index is 0.460. The summed E-state index contributed by atoms with van der Waals surface area (Å²) >= 11 is 0. The first-order valence-electron chi connectivity index (χ1n) is 6.36. The Bertz CT molecular complexity index is 594. The molecule has 1 heterocycles. The van der Waals surface area contributed by atoms with Gasteiger partial charge in [-0.25, -0.2) is 4.98 Å². The highest BCUT2D eigenvalue weighted by Crippen LogP contribution is 2.27. The van der Waals surface area contributed by atoms with Crippen molar-refractivity contribution >= 4 is 5.82 Å². The first kappa shape index (κ1) is 13.3. The maximum atomic E-state index is 5.83. The van der Waals surface area contributed by atoms with E-state index in [1.165, 1.54) is 5.56 Å². The Morgan fingerprint density at radius 3 is 2.58 bits per heavy atom. The minimum absolute atomic E-state index is 0.460. The second-order valence-electron chi connectivity index (χ2n) is 4.92. The molecule has 1 aromatic carbocycles. The summed E-state index contributed by atoms with van der Waals surface area (Å²) in [6.45, 7) is 7.96. The predicted octanol–water partition coefficient (Wildman–Crippen LogP) is 3.59. The van der Waals surface area contributed by atoms with Gasteiger partial charge in [0.1, 0.15) is 17.4 Å². The molecule has 4 nitrogen and oxygen atoms in total. The van der Waals surface area contributed by atoms with E-state index in [2.05, 4.69) is 29.9 Å².